The molecule has 22 heavy (non-hydrogen) atoms. The van der Waals surface area contributed by atoms with E-state index in [9.17, 15) is 0 Å². The van der Waals surface area contributed by atoms with Gasteiger partial charge in [-0.1, -0.05) is 65.8 Å². The average molecular weight is 302 g/mol. The number of nitrogens with zero attached hydrogens (tertiary/aromatic N) is 1. The number of hydrogen-bond acceptors (Lipinski definition) is 1. The summed E-state index contributed by atoms with van der Waals surface area (Å²) in [7, 11) is 0. The van der Waals surface area contributed by atoms with Gasteiger partial charge in [0.1, 0.15) is 0 Å². The predicted octanol–water partition coefficient (Wildman–Crippen LogP) is 5.14. The molecule has 1 aromatic carbocycles. The molecule has 1 aliphatic rings. The smallest absolute Gasteiger partial charge is 0.00104 e. The Balaban J connectivity index is 1.87. The van der Waals surface area contributed by atoms with Crippen LogP contribution in [0.25, 0.3) is 0 Å². The molecule has 1 fully saturated rings. The fraction of sp³-hybridized carbons (Fsp3) is 0.714. The van der Waals surface area contributed by atoms with Crippen LogP contribution in [0.2, 0.25) is 0 Å². The summed E-state index contributed by atoms with van der Waals surface area (Å²) in [6.45, 7) is 17.9. The maximum atomic E-state index is 2.69. The van der Waals surface area contributed by atoms with E-state index in [1.54, 1.807) is 0 Å². The van der Waals surface area contributed by atoms with Gasteiger partial charge in [0.05, 0.1) is 0 Å². The van der Waals surface area contributed by atoms with Crippen molar-refractivity contribution >= 4 is 0 Å². The largest absolute Gasteiger partial charge is 0.303 e. The monoisotopic (exact) mass is 301 g/mol. The van der Waals surface area contributed by atoms with Gasteiger partial charge in [0.2, 0.25) is 0 Å². The van der Waals surface area contributed by atoms with Crippen molar-refractivity contribution in [2.24, 2.45) is 17.8 Å². The zero-order valence-corrected chi connectivity index (χ0v) is 15.5. The van der Waals surface area contributed by atoms with Crippen LogP contribution in [0, 0.1) is 17.8 Å². The Morgan fingerprint density at radius 2 is 1.59 bits per heavy atom. The Morgan fingerprint density at radius 1 is 1.05 bits per heavy atom. The molecule has 0 spiro atoms. The number of rotatable bonds is 4. The summed E-state index contributed by atoms with van der Waals surface area (Å²) in [4.78, 5) is 2.69. The zero-order valence-electron chi connectivity index (χ0n) is 15.5. The summed E-state index contributed by atoms with van der Waals surface area (Å²) in [5, 5.41) is 0. The van der Waals surface area contributed by atoms with E-state index < -0.39 is 0 Å². The van der Waals surface area contributed by atoms with E-state index in [0.717, 1.165) is 17.8 Å². The second kappa shape index (κ2) is 7.17. The van der Waals surface area contributed by atoms with Gasteiger partial charge < -0.3 is 4.90 Å². The molecule has 0 radical (unpaired) electrons. The SMILES string of the molecule is CC1CC(C)CN(C[C@@H](C)Cc2ccc(C(C)(C)C)cc2)C1. The van der Waals surface area contributed by atoms with E-state index in [1.807, 2.05) is 0 Å². The zero-order chi connectivity index (χ0) is 16.3. The minimum Gasteiger partial charge on any atom is -0.303 e. The van der Waals surface area contributed by atoms with Crippen LogP contribution >= 0.6 is 0 Å². The minimum atomic E-state index is 0.254. The van der Waals surface area contributed by atoms with Crippen LogP contribution in [-0.4, -0.2) is 24.5 Å². The Hall–Kier alpha value is -0.820. The van der Waals surface area contributed by atoms with Crippen LogP contribution in [0.5, 0.6) is 0 Å². The summed E-state index contributed by atoms with van der Waals surface area (Å²) in [6, 6.07) is 9.29. The molecule has 1 nitrogen and oxygen atoms in total. The van der Waals surface area contributed by atoms with E-state index in [2.05, 4.69) is 70.7 Å². The first-order chi connectivity index (χ1) is 10.2. The molecule has 3 atom stereocenters. The molecule has 0 bridgehead atoms. The number of piperidine rings is 1. The van der Waals surface area contributed by atoms with Crippen molar-refractivity contribution in [3.63, 3.8) is 0 Å². The summed E-state index contributed by atoms with van der Waals surface area (Å²) in [5.41, 5.74) is 3.17. The van der Waals surface area contributed by atoms with Crippen molar-refractivity contribution in [1.82, 2.24) is 4.90 Å². The molecule has 2 unspecified atom stereocenters. The second-order valence-electron chi connectivity index (χ2n) is 8.92. The molecular formula is C21H35N. The van der Waals surface area contributed by atoms with E-state index >= 15 is 0 Å². The Kier molecular flexibility index (Phi) is 5.71. The van der Waals surface area contributed by atoms with Crippen LogP contribution in [0.3, 0.4) is 0 Å². The van der Waals surface area contributed by atoms with E-state index in [4.69, 9.17) is 0 Å². The third-order valence-corrected chi connectivity index (χ3v) is 4.92. The quantitative estimate of drug-likeness (QED) is 0.744. The first-order valence-corrected chi connectivity index (χ1v) is 9.06. The van der Waals surface area contributed by atoms with Gasteiger partial charge in [-0.15, -0.1) is 0 Å². The topological polar surface area (TPSA) is 3.24 Å². The third kappa shape index (κ3) is 5.12. The molecule has 0 aromatic heterocycles. The highest BCUT2D eigenvalue weighted by Crippen LogP contribution is 2.24. The molecule has 0 aliphatic carbocycles. The fourth-order valence-electron chi connectivity index (χ4n) is 3.99. The van der Waals surface area contributed by atoms with Crippen molar-refractivity contribution in [3.05, 3.63) is 35.4 Å². The molecule has 1 heteroatoms. The molecule has 1 saturated heterocycles. The Morgan fingerprint density at radius 3 is 2.09 bits per heavy atom. The lowest BCUT2D eigenvalue weighted by molar-refractivity contribution is 0.125. The molecule has 0 amide bonds. The van der Waals surface area contributed by atoms with Gasteiger partial charge >= 0.3 is 0 Å². The lowest BCUT2D eigenvalue weighted by Crippen LogP contribution is -2.41. The maximum Gasteiger partial charge on any atom is 0.00104 e. The van der Waals surface area contributed by atoms with Crippen LogP contribution in [0.4, 0.5) is 0 Å². The first-order valence-electron chi connectivity index (χ1n) is 9.06. The second-order valence-corrected chi connectivity index (χ2v) is 8.92. The highest BCUT2D eigenvalue weighted by molar-refractivity contribution is 5.27. The molecular weight excluding hydrogens is 266 g/mol. The molecule has 1 aromatic rings. The molecule has 0 saturated carbocycles. The molecule has 124 valence electrons. The standard InChI is InChI=1S/C21H35N/c1-16-11-17(2)14-22(13-16)15-18(3)12-19-7-9-20(10-8-19)21(4,5)6/h7-10,16-18H,11-15H2,1-6H3/t16?,17?,18-/m0/s1. The highest BCUT2D eigenvalue weighted by Gasteiger charge is 2.23. The van der Waals surface area contributed by atoms with Gasteiger partial charge in [0.15, 0.2) is 0 Å². The summed E-state index contributed by atoms with van der Waals surface area (Å²) in [5.74, 6) is 2.46. The van der Waals surface area contributed by atoms with Gasteiger partial charge in [-0.25, -0.2) is 0 Å². The lowest BCUT2D eigenvalue weighted by atomic mass is 9.86. The van der Waals surface area contributed by atoms with E-state index in [1.165, 1.54) is 43.6 Å². The van der Waals surface area contributed by atoms with E-state index in [-0.39, 0.29) is 5.41 Å². The first kappa shape index (κ1) is 17.5. The van der Waals surface area contributed by atoms with Gasteiger partial charge in [-0.3, -0.25) is 0 Å². The van der Waals surface area contributed by atoms with E-state index in [0.29, 0.717) is 0 Å². The normalized spacial score (nSPS) is 25.2. The lowest BCUT2D eigenvalue weighted by Gasteiger charge is -2.36. The fourth-order valence-corrected chi connectivity index (χ4v) is 3.99. The van der Waals surface area contributed by atoms with Gasteiger partial charge in [-0.05, 0) is 47.1 Å². The molecule has 1 heterocycles. The highest BCUT2D eigenvalue weighted by atomic mass is 15.1. The molecule has 1 aliphatic heterocycles. The minimum absolute atomic E-state index is 0.254. The van der Waals surface area contributed by atoms with Crippen molar-refractivity contribution in [1.29, 1.82) is 0 Å². The predicted molar refractivity (Wildman–Crippen MR) is 97.4 cm³/mol. The molecule has 2 rings (SSSR count). The van der Waals surface area contributed by atoms with Crippen molar-refractivity contribution in [2.45, 2.75) is 59.8 Å². The average Bonchev–Trinajstić information content (AvgIpc) is 2.36. The van der Waals surface area contributed by atoms with Crippen LogP contribution in [-0.2, 0) is 11.8 Å². The van der Waals surface area contributed by atoms with Gasteiger partial charge in [0, 0.05) is 19.6 Å². The summed E-state index contributed by atoms with van der Waals surface area (Å²) >= 11 is 0. The van der Waals surface area contributed by atoms with Crippen molar-refractivity contribution in [2.75, 3.05) is 19.6 Å². The maximum absolute atomic E-state index is 2.69. The van der Waals surface area contributed by atoms with Crippen LogP contribution in [0.15, 0.2) is 24.3 Å². The van der Waals surface area contributed by atoms with Crippen LogP contribution < -0.4 is 0 Å². The number of hydrogen-bond donors (Lipinski definition) is 0. The number of likely N-dealkylation sites (tertiary alicyclic amines) is 1. The summed E-state index contributed by atoms with van der Waals surface area (Å²) < 4.78 is 0. The number of benzene rings is 1. The Bertz CT molecular complexity index is 444. The summed E-state index contributed by atoms with van der Waals surface area (Å²) in [6.07, 6.45) is 2.60. The van der Waals surface area contributed by atoms with Crippen molar-refractivity contribution in [3.8, 4) is 0 Å². The van der Waals surface area contributed by atoms with Crippen LogP contribution in [0.1, 0.15) is 59.1 Å². The molecule has 0 N–H and O–H groups in total. The Labute approximate surface area is 138 Å². The van der Waals surface area contributed by atoms with Gasteiger partial charge in [0.25, 0.3) is 0 Å². The third-order valence-electron chi connectivity index (χ3n) is 4.92. The van der Waals surface area contributed by atoms with Crippen molar-refractivity contribution < 1.29 is 0 Å². The van der Waals surface area contributed by atoms with Gasteiger partial charge in [-0.2, -0.15) is 0 Å².